The number of nitrogens with zero attached hydrogens (tertiary/aromatic N) is 6. The Morgan fingerprint density at radius 2 is 1.59 bits per heavy atom. The topological polar surface area (TPSA) is 69.0 Å². The van der Waals surface area contributed by atoms with Crippen LogP contribution >= 0.6 is 0 Å². The van der Waals surface area contributed by atoms with Crippen molar-refractivity contribution < 1.29 is 4.74 Å². The quantitative estimate of drug-likeness (QED) is 0.501. The predicted octanol–water partition coefficient (Wildman–Crippen LogP) is 3.24. The molecule has 2 aromatic carbocycles. The lowest BCUT2D eigenvalue weighted by molar-refractivity contribution is -0.0379. The van der Waals surface area contributed by atoms with Gasteiger partial charge in [-0.25, -0.2) is 9.97 Å². The standard InChI is InChI=1S/C25H24N6O/c1-18-2-4-20(5-3-18)25(14-32-15-25)21-6-8-22(9-7-21)30-11-10-19-12-26-24(29-23(19)13-30)31-16-27-28-17-31/h2-9,12,16-17H,10-11,13-15H2,1H3. The van der Waals surface area contributed by atoms with Gasteiger partial charge >= 0.3 is 0 Å². The van der Waals surface area contributed by atoms with Crippen LogP contribution in [0.3, 0.4) is 0 Å². The molecule has 4 aromatic rings. The average Bonchev–Trinajstić information content (AvgIpc) is 3.34. The molecular formula is C25H24N6O. The second kappa shape index (κ2) is 7.53. The lowest BCUT2D eigenvalue weighted by Gasteiger charge is -2.43. The number of aromatic nitrogens is 5. The summed E-state index contributed by atoms with van der Waals surface area (Å²) in [5.41, 5.74) is 7.35. The normalized spacial score (nSPS) is 17.0. The molecule has 0 unspecified atom stereocenters. The molecular weight excluding hydrogens is 400 g/mol. The van der Waals surface area contributed by atoms with Crippen LogP contribution in [0.5, 0.6) is 0 Å². The summed E-state index contributed by atoms with van der Waals surface area (Å²) in [6.07, 6.45) is 6.10. The van der Waals surface area contributed by atoms with Crippen molar-refractivity contribution in [2.45, 2.75) is 25.3 Å². The zero-order chi connectivity index (χ0) is 21.5. The molecule has 6 rings (SSSR count). The van der Waals surface area contributed by atoms with Gasteiger partial charge in [-0.2, -0.15) is 0 Å². The Labute approximate surface area is 186 Å². The van der Waals surface area contributed by atoms with Crippen LogP contribution < -0.4 is 4.90 Å². The van der Waals surface area contributed by atoms with E-state index < -0.39 is 0 Å². The summed E-state index contributed by atoms with van der Waals surface area (Å²) in [4.78, 5) is 11.6. The summed E-state index contributed by atoms with van der Waals surface area (Å²) in [5, 5.41) is 7.71. The smallest absolute Gasteiger partial charge is 0.236 e. The number of rotatable bonds is 4. The fourth-order valence-corrected chi connectivity index (χ4v) is 4.61. The maximum Gasteiger partial charge on any atom is 0.236 e. The SMILES string of the molecule is Cc1ccc(C2(c3ccc(N4CCc5cnc(-n6cnnc6)nc5C4)cc3)COC2)cc1. The number of hydrogen-bond donors (Lipinski definition) is 0. The van der Waals surface area contributed by atoms with Crippen molar-refractivity contribution in [1.29, 1.82) is 0 Å². The molecule has 0 saturated carbocycles. The summed E-state index contributed by atoms with van der Waals surface area (Å²) in [6.45, 7) is 5.30. The van der Waals surface area contributed by atoms with Crippen LogP contribution in [0.1, 0.15) is 27.9 Å². The van der Waals surface area contributed by atoms with E-state index in [-0.39, 0.29) is 5.41 Å². The van der Waals surface area contributed by atoms with Gasteiger partial charge in [0.1, 0.15) is 12.7 Å². The highest BCUT2D eigenvalue weighted by molar-refractivity contribution is 5.53. The van der Waals surface area contributed by atoms with Gasteiger partial charge in [0.05, 0.1) is 30.9 Å². The third kappa shape index (κ3) is 3.17. The van der Waals surface area contributed by atoms with Crippen molar-refractivity contribution in [3.63, 3.8) is 0 Å². The van der Waals surface area contributed by atoms with Crippen LogP contribution in [-0.4, -0.2) is 44.5 Å². The van der Waals surface area contributed by atoms with Gasteiger partial charge in [0.2, 0.25) is 5.95 Å². The van der Waals surface area contributed by atoms with E-state index in [2.05, 4.69) is 75.5 Å². The minimum Gasteiger partial charge on any atom is -0.379 e. The number of aryl methyl sites for hydroxylation is 1. The van der Waals surface area contributed by atoms with Crippen LogP contribution in [0.15, 0.2) is 67.4 Å². The summed E-state index contributed by atoms with van der Waals surface area (Å²) >= 11 is 0. The monoisotopic (exact) mass is 424 g/mol. The van der Waals surface area contributed by atoms with E-state index in [1.54, 1.807) is 17.2 Å². The van der Waals surface area contributed by atoms with E-state index in [4.69, 9.17) is 9.72 Å². The molecule has 0 bridgehead atoms. The molecule has 2 aromatic heterocycles. The first-order valence-corrected chi connectivity index (χ1v) is 10.9. The summed E-state index contributed by atoms with van der Waals surface area (Å²) in [7, 11) is 0. The van der Waals surface area contributed by atoms with Gasteiger partial charge in [-0.1, -0.05) is 42.0 Å². The van der Waals surface area contributed by atoms with Crippen molar-refractivity contribution in [3.05, 3.63) is 95.3 Å². The zero-order valence-electron chi connectivity index (χ0n) is 18.0. The van der Waals surface area contributed by atoms with Gasteiger partial charge < -0.3 is 9.64 Å². The summed E-state index contributed by atoms with van der Waals surface area (Å²) in [5.74, 6) is 0.607. The van der Waals surface area contributed by atoms with E-state index in [0.717, 1.165) is 38.4 Å². The number of anilines is 1. The van der Waals surface area contributed by atoms with E-state index in [1.165, 1.54) is 27.9 Å². The van der Waals surface area contributed by atoms with Crippen molar-refractivity contribution in [2.24, 2.45) is 0 Å². The molecule has 7 nitrogen and oxygen atoms in total. The second-order valence-corrected chi connectivity index (χ2v) is 8.67. The number of ether oxygens (including phenoxy) is 1. The Morgan fingerprint density at radius 1 is 0.906 bits per heavy atom. The third-order valence-corrected chi connectivity index (χ3v) is 6.67. The first-order valence-electron chi connectivity index (χ1n) is 10.9. The van der Waals surface area contributed by atoms with E-state index in [1.807, 2.05) is 6.20 Å². The van der Waals surface area contributed by atoms with Crippen LogP contribution in [-0.2, 0) is 23.1 Å². The van der Waals surface area contributed by atoms with Gasteiger partial charge in [0, 0.05) is 18.4 Å². The molecule has 1 saturated heterocycles. The number of benzene rings is 2. The molecule has 32 heavy (non-hydrogen) atoms. The van der Waals surface area contributed by atoms with Crippen molar-refractivity contribution in [2.75, 3.05) is 24.7 Å². The van der Waals surface area contributed by atoms with Crippen LogP contribution in [0, 0.1) is 6.92 Å². The van der Waals surface area contributed by atoms with Gasteiger partial charge in [-0.05, 0) is 42.2 Å². The summed E-state index contributed by atoms with van der Waals surface area (Å²) in [6, 6.07) is 17.8. The molecule has 0 atom stereocenters. The van der Waals surface area contributed by atoms with Crippen LogP contribution in [0.2, 0.25) is 0 Å². The molecule has 7 heteroatoms. The maximum atomic E-state index is 5.67. The van der Waals surface area contributed by atoms with Crippen LogP contribution in [0.25, 0.3) is 5.95 Å². The van der Waals surface area contributed by atoms with Gasteiger partial charge in [0.25, 0.3) is 0 Å². The summed E-state index contributed by atoms with van der Waals surface area (Å²) < 4.78 is 7.40. The lowest BCUT2D eigenvalue weighted by atomic mass is 9.73. The maximum absolute atomic E-state index is 5.67. The number of fused-ring (bicyclic) bond motifs is 1. The Bertz CT molecular complexity index is 1230. The minimum absolute atomic E-state index is 0.0400. The minimum atomic E-state index is -0.0400. The van der Waals surface area contributed by atoms with Gasteiger partial charge in [-0.3, -0.25) is 4.57 Å². The van der Waals surface area contributed by atoms with Crippen molar-refractivity contribution in [3.8, 4) is 5.95 Å². The molecule has 160 valence electrons. The first kappa shape index (κ1) is 19.1. The average molecular weight is 425 g/mol. The fourth-order valence-electron chi connectivity index (χ4n) is 4.61. The van der Waals surface area contributed by atoms with Crippen LogP contribution in [0.4, 0.5) is 5.69 Å². The third-order valence-electron chi connectivity index (χ3n) is 6.67. The van der Waals surface area contributed by atoms with Crippen molar-refractivity contribution in [1.82, 2.24) is 24.7 Å². The highest BCUT2D eigenvalue weighted by Crippen LogP contribution is 2.40. The zero-order valence-corrected chi connectivity index (χ0v) is 18.0. The van der Waals surface area contributed by atoms with Gasteiger partial charge in [-0.15, -0.1) is 10.2 Å². The molecule has 0 N–H and O–H groups in total. The Balaban J connectivity index is 1.25. The fraction of sp³-hybridized carbons (Fsp3) is 0.280. The molecule has 2 aliphatic rings. The molecule has 0 radical (unpaired) electrons. The second-order valence-electron chi connectivity index (χ2n) is 8.67. The largest absolute Gasteiger partial charge is 0.379 e. The van der Waals surface area contributed by atoms with E-state index >= 15 is 0 Å². The molecule has 0 amide bonds. The predicted molar refractivity (Wildman–Crippen MR) is 121 cm³/mol. The Kier molecular flexibility index (Phi) is 4.50. The molecule has 1 fully saturated rings. The molecule has 0 aliphatic carbocycles. The lowest BCUT2D eigenvalue weighted by Crippen LogP contribution is -2.47. The number of hydrogen-bond acceptors (Lipinski definition) is 6. The van der Waals surface area contributed by atoms with Crippen molar-refractivity contribution >= 4 is 5.69 Å². The Morgan fingerprint density at radius 3 is 2.25 bits per heavy atom. The molecule has 0 spiro atoms. The Hall–Kier alpha value is -3.58. The highest BCUT2D eigenvalue weighted by Gasteiger charge is 2.42. The van der Waals surface area contributed by atoms with E-state index in [9.17, 15) is 0 Å². The molecule has 4 heterocycles. The van der Waals surface area contributed by atoms with Gasteiger partial charge in [0.15, 0.2) is 0 Å². The van der Waals surface area contributed by atoms with E-state index in [0.29, 0.717) is 5.95 Å². The molecule has 2 aliphatic heterocycles. The first-order chi connectivity index (χ1) is 15.7. The highest BCUT2D eigenvalue weighted by atomic mass is 16.5.